The van der Waals surface area contributed by atoms with Gasteiger partial charge in [-0.1, -0.05) is 12.8 Å². The molecule has 21 heavy (non-hydrogen) atoms. The van der Waals surface area contributed by atoms with E-state index in [1.165, 1.54) is 18.2 Å². The van der Waals surface area contributed by atoms with Crippen LogP contribution in [0.15, 0.2) is 18.2 Å². The van der Waals surface area contributed by atoms with Crippen LogP contribution < -0.4 is 11.1 Å². The Balaban J connectivity index is 2.08. The number of amides is 1. The van der Waals surface area contributed by atoms with Crippen molar-refractivity contribution in [2.75, 3.05) is 11.9 Å². The minimum Gasteiger partial charge on any atom is -0.507 e. The monoisotopic (exact) mass is 292 g/mol. The van der Waals surface area contributed by atoms with Crippen LogP contribution >= 0.6 is 0 Å². The SMILES string of the molecule is NCC1CCCCC1C(=O)Nc1ccc(C(=O)O)c(O)c1. The van der Waals surface area contributed by atoms with E-state index in [0.717, 1.165) is 25.7 Å². The lowest BCUT2D eigenvalue weighted by Gasteiger charge is -2.29. The number of carboxylic acid groups (broad SMARTS) is 1. The fourth-order valence-corrected chi connectivity index (χ4v) is 2.86. The Bertz CT molecular complexity index is 544. The van der Waals surface area contributed by atoms with E-state index in [4.69, 9.17) is 10.8 Å². The first-order valence-electron chi connectivity index (χ1n) is 7.10. The van der Waals surface area contributed by atoms with Gasteiger partial charge in [-0.15, -0.1) is 0 Å². The summed E-state index contributed by atoms with van der Waals surface area (Å²) in [5.41, 5.74) is 5.92. The standard InChI is InChI=1S/C15H20N2O4/c16-8-9-3-1-2-4-11(9)14(19)17-10-5-6-12(15(20)21)13(18)7-10/h5-7,9,11,18H,1-4,8,16H2,(H,17,19)(H,20,21). The summed E-state index contributed by atoms with van der Waals surface area (Å²) in [5.74, 6) is -1.62. The molecular weight excluding hydrogens is 272 g/mol. The van der Waals surface area contributed by atoms with Gasteiger partial charge in [-0.25, -0.2) is 4.79 Å². The lowest BCUT2D eigenvalue weighted by Crippen LogP contribution is -2.35. The fourth-order valence-electron chi connectivity index (χ4n) is 2.86. The van der Waals surface area contributed by atoms with E-state index in [9.17, 15) is 14.7 Å². The third kappa shape index (κ3) is 3.52. The molecule has 1 aliphatic carbocycles. The molecule has 6 heteroatoms. The van der Waals surface area contributed by atoms with Crippen molar-refractivity contribution in [3.63, 3.8) is 0 Å². The maximum atomic E-state index is 12.3. The van der Waals surface area contributed by atoms with Gasteiger partial charge in [0.2, 0.25) is 5.91 Å². The Morgan fingerprint density at radius 3 is 2.62 bits per heavy atom. The second-order valence-electron chi connectivity index (χ2n) is 5.41. The van der Waals surface area contributed by atoms with Crippen LogP contribution in [-0.4, -0.2) is 28.6 Å². The summed E-state index contributed by atoms with van der Waals surface area (Å²) in [6, 6.07) is 4.00. The molecule has 1 amide bonds. The Morgan fingerprint density at radius 2 is 2.00 bits per heavy atom. The van der Waals surface area contributed by atoms with Crippen molar-refractivity contribution in [1.29, 1.82) is 0 Å². The first-order valence-corrected chi connectivity index (χ1v) is 7.10. The molecule has 0 spiro atoms. The highest BCUT2D eigenvalue weighted by Crippen LogP contribution is 2.31. The molecule has 114 valence electrons. The molecule has 0 saturated heterocycles. The van der Waals surface area contributed by atoms with Crippen LogP contribution in [0.4, 0.5) is 5.69 Å². The highest BCUT2D eigenvalue weighted by atomic mass is 16.4. The summed E-state index contributed by atoms with van der Waals surface area (Å²) in [7, 11) is 0. The zero-order valence-electron chi connectivity index (χ0n) is 11.7. The maximum Gasteiger partial charge on any atom is 0.339 e. The Hall–Kier alpha value is -2.08. The van der Waals surface area contributed by atoms with Crippen LogP contribution in [-0.2, 0) is 4.79 Å². The van der Waals surface area contributed by atoms with E-state index in [1.54, 1.807) is 0 Å². The molecule has 5 N–H and O–H groups in total. The molecule has 0 heterocycles. The summed E-state index contributed by atoms with van der Waals surface area (Å²) in [6.07, 6.45) is 3.88. The van der Waals surface area contributed by atoms with Crippen LogP contribution in [0, 0.1) is 11.8 Å². The van der Waals surface area contributed by atoms with E-state index in [-0.39, 0.29) is 29.1 Å². The van der Waals surface area contributed by atoms with E-state index in [0.29, 0.717) is 12.2 Å². The van der Waals surface area contributed by atoms with Crippen LogP contribution in [0.3, 0.4) is 0 Å². The number of hydrogen-bond acceptors (Lipinski definition) is 4. The molecule has 2 atom stereocenters. The van der Waals surface area contributed by atoms with Gasteiger partial charge < -0.3 is 21.3 Å². The van der Waals surface area contributed by atoms with Gasteiger partial charge in [0.15, 0.2) is 0 Å². The van der Waals surface area contributed by atoms with Gasteiger partial charge in [0.25, 0.3) is 0 Å². The molecule has 2 rings (SSSR count). The molecule has 1 aliphatic rings. The highest BCUT2D eigenvalue weighted by molar-refractivity contribution is 5.95. The summed E-state index contributed by atoms with van der Waals surface area (Å²) in [6.45, 7) is 0.487. The Kier molecular flexibility index (Phi) is 4.80. The van der Waals surface area contributed by atoms with Crippen LogP contribution in [0.1, 0.15) is 36.0 Å². The summed E-state index contributed by atoms with van der Waals surface area (Å²) < 4.78 is 0. The van der Waals surface area contributed by atoms with Gasteiger partial charge in [0, 0.05) is 17.7 Å². The third-order valence-corrected chi connectivity index (χ3v) is 4.04. The quantitative estimate of drug-likeness (QED) is 0.676. The average molecular weight is 292 g/mol. The molecule has 2 unspecified atom stereocenters. The number of aromatic carboxylic acids is 1. The molecule has 1 aromatic carbocycles. The predicted molar refractivity (Wildman–Crippen MR) is 78.2 cm³/mol. The van der Waals surface area contributed by atoms with Crippen molar-refractivity contribution in [3.8, 4) is 5.75 Å². The zero-order chi connectivity index (χ0) is 15.4. The number of nitrogens with one attached hydrogen (secondary N) is 1. The number of anilines is 1. The average Bonchev–Trinajstić information content (AvgIpc) is 2.46. The normalized spacial score (nSPS) is 21.8. The molecule has 0 aromatic heterocycles. The van der Waals surface area contributed by atoms with Crippen molar-refractivity contribution in [2.24, 2.45) is 17.6 Å². The first-order chi connectivity index (χ1) is 10.0. The summed E-state index contributed by atoms with van der Waals surface area (Å²) in [5, 5.41) is 21.2. The van der Waals surface area contributed by atoms with Gasteiger partial charge in [0.1, 0.15) is 11.3 Å². The van der Waals surface area contributed by atoms with Gasteiger partial charge in [0.05, 0.1) is 0 Å². The van der Waals surface area contributed by atoms with Gasteiger partial charge in [-0.3, -0.25) is 4.79 Å². The zero-order valence-corrected chi connectivity index (χ0v) is 11.7. The van der Waals surface area contributed by atoms with Crippen molar-refractivity contribution >= 4 is 17.6 Å². The van der Waals surface area contributed by atoms with Crippen LogP contribution in [0.25, 0.3) is 0 Å². The number of benzene rings is 1. The molecule has 0 aliphatic heterocycles. The highest BCUT2D eigenvalue weighted by Gasteiger charge is 2.30. The second-order valence-corrected chi connectivity index (χ2v) is 5.41. The molecular formula is C15H20N2O4. The largest absolute Gasteiger partial charge is 0.507 e. The van der Waals surface area contributed by atoms with E-state index in [1.807, 2.05) is 0 Å². The van der Waals surface area contributed by atoms with E-state index < -0.39 is 5.97 Å². The molecule has 0 radical (unpaired) electrons. The Labute approximate surface area is 123 Å². The number of nitrogens with two attached hydrogens (primary N) is 1. The van der Waals surface area contributed by atoms with Gasteiger partial charge in [-0.2, -0.15) is 0 Å². The topological polar surface area (TPSA) is 113 Å². The minimum absolute atomic E-state index is 0.118. The molecule has 6 nitrogen and oxygen atoms in total. The van der Waals surface area contributed by atoms with Crippen molar-refractivity contribution in [3.05, 3.63) is 23.8 Å². The van der Waals surface area contributed by atoms with Crippen molar-refractivity contribution < 1.29 is 19.8 Å². The van der Waals surface area contributed by atoms with E-state index >= 15 is 0 Å². The molecule has 1 aromatic rings. The molecule has 1 fully saturated rings. The van der Waals surface area contributed by atoms with Crippen molar-refractivity contribution in [1.82, 2.24) is 0 Å². The van der Waals surface area contributed by atoms with Gasteiger partial charge >= 0.3 is 5.97 Å². The number of hydrogen-bond donors (Lipinski definition) is 4. The van der Waals surface area contributed by atoms with Gasteiger partial charge in [-0.05, 0) is 37.4 Å². The van der Waals surface area contributed by atoms with Crippen LogP contribution in [0.2, 0.25) is 0 Å². The Morgan fingerprint density at radius 1 is 1.29 bits per heavy atom. The number of aromatic hydroxyl groups is 1. The van der Waals surface area contributed by atoms with Crippen LogP contribution in [0.5, 0.6) is 5.75 Å². The minimum atomic E-state index is -1.21. The maximum absolute atomic E-state index is 12.3. The predicted octanol–water partition coefficient (Wildman–Crippen LogP) is 1.79. The third-order valence-electron chi connectivity index (χ3n) is 4.04. The number of carbonyl (C=O) groups excluding carboxylic acids is 1. The molecule has 0 bridgehead atoms. The number of carboxylic acids is 1. The smallest absolute Gasteiger partial charge is 0.339 e. The number of carbonyl (C=O) groups is 2. The summed E-state index contributed by atoms with van der Waals surface area (Å²) >= 11 is 0. The lowest BCUT2D eigenvalue weighted by atomic mass is 9.78. The lowest BCUT2D eigenvalue weighted by molar-refractivity contribution is -0.122. The van der Waals surface area contributed by atoms with Crippen molar-refractivity contribution in [2.45, 2.75) is 25.7 Å². The van der Waals surface area contributed by atoms with E-state index in [2.05, 4.69) is 5.32 Å². The summed E-state index contributed by atoms with van der Waals surface area (Å²) in [4.78, 5) is 23.1. The molecule has 1 saturated carbocycles. The second kappa shape index (κ2) is 6.58. The number of rotatable bonds is 4. The number of phenols is 1. The first kappa shape index (κ1) is 15.3. The fraction of sp³-hybridized carbons (Fsp3) is 0.467.